The molecule has 0 unspecified atom stereocenters. The maximum Gasteiger partial charge on any atom is 0.240 e. The second-order valence-electron chi connectivity index (χ2n) is 6.63. The van der Waals surface area contributed by atoms with Crippen molar-refractivity contribution in [1.82, 2.24) is 4.90 Å². The van der Waals surface area contributed by atoms with E-state index in [0.29, 0.717) is 13.1 Å². The summed E-state index contributed by atoms with van der Waals surface area (Å²) >= 11 is 5.91. The highest BCUT2D eigenvalue weighted by atomic mass is 35.5. The molecule has 1 aliphatic heterocycles. The standard InChI is InChI=1S/C16H24ClN3O/c1-16(2,3)14(18)15(21)20-10-8-19(9-11-20)13-6-4-12(17)5-7-13/h4-7,14H,8-11,18H2,1-3H3/t14-/m1/s1. The molecule has 2 N–H and O–H groups in total. The Morgan fingerprint density at radius 3 is 2.14 bits per heavy atom. The molecule has 0 spiro atoms. The number of hydrogen-bond donors (Lipinski definition) is 1. The molecule has 1 heterocycles. The first-order valence-corrected chi connectivity index (χ1v) is 7.72. The van der Waals surface area contributed by atoms with Gasteiger partial charge in [0.1, 0.15) is 0 Å². The second-order valence-corrected chi connectivity index (χ2v) is 7.07. The van der Waals surface area contributed by atoms with Gasteiger partial charge >= 0.3 is 0 Å². The van der Waals surface area contributed by atoms with Crippen molar-refractivity contribution in [1.29, 1.82) is 0 Å². The minimum atomic E-state index is -0.445. The molecule has 5 heteroatoms. The highest BCUT2D eigenvalue weighted by Gasteiger charge is 2.32. The smallest absolute Gasteiger partial charge is 0.240 e. The van der Waals surface area contributed by atoms with Crippen molar-refractivity contribution in [3.05, 3.63) is 29.3 Å². The summed E-state index contributed by atoms with van der Waals surface area (Å²) in [4.78, 5) is 16.5. The summed E-state index contributed by atoms with van der Waals surface area (Å²) in [6.45, 7) is 9.07. The quantitative estimate of drug-likeness (QED) is 0.912. The summed E-state index contributed by atoms with van der Waals surface area (Å²) in [5.74, 6) is 0.0539. The Morgan fingerprint density at radius 1 is 1.14 bits per heavy atom. The summed E-state index contributed by atoms with van der Waals surface area (Å²) in [5, 5.41) is 0.740. The predicted molar refractivity (Wildman–Crippen MR) is 87.7 cm³/mol. The van der Waals surface area contributed by atoms with Crippen LogP contribution in [-0.2, 0) is 4.79 Å². The third-order valence-corrected chi connectivity index (χ3v) is 4.23. The van der Waals surface area contributed by atoms with Crippen LogP contribution in [-0.4, -0.2) is 43.0 Å². The third kappa shape index (κ3) is 3.89. The number of nitrogens with zero attached hydrogens (tertiary/aromatic N) is 2. The van der Waals surface area contributed by atoms with Crippen LogP contribution >= 0.6 is 11.6 Å². The number of nitrogens with two attached hydrogens (primary N) is 1. The van der Waals surface area contributed by atoms with Gasteiger partial charge in [0, 0.05) is 36.9 Å². The number of piperazine rings is 1. The summed E-state index contributed by atoms with van der Waals surface area (Å²) in [6, 6.07) is 7.37. The van der Waals surface area contributed by atoms with Gasteiger partial charge in [0.05, 0.1) is 6.04 Å². The van der Waals surface area contributed by atoms with Crippen molar-refractivity contribution >= 4 is 23.2 Å². The van der Waals surface area contributed by atoms with Crippen molar-refractivity contribution in [3.63, 3.8) is 0 Å². The van der Waals surface area contributed by atoms with Crippen LogP contribution in [0.15, 0.2) is 24.3 Å². The van der Waals surface area contributed by atoms with Gasteiger partial charge in [0.15, 0.2) is 0 Å². The molecule has 1 saturated heterocycles. The van der Waals surface area contributed by atoms with Crippen LogP contribution in [0.25, 0.3) is 0 Å². The molecule has 21 heavy (non-hydrogen) atoms. The molecule has 1 amide bonds. The number of halogens is 1. The second kappa shape index (κ2) is 6.24. The lowest BCUT2D eigenvalue weighted by Gasteiger charge is -2.39. The van der Waals surface area contributed by atoms with Crippen molar-refractivity contribution in [2.24, 2.45) is 11.1 Å². The Labute approximate surface area is 131 Å². The molecule has 0 radical (unpaired) electrons. The predicted octanol–water partition coefficient (Wildman–Crippen LogP) is 2.36. The van der Waals surface area contributed by atoms with Crippen LogP contribution < -0.4 is 10.6 Å². The van der Waals surface area contributed by atoms with Crippen LogP contribution in [0.3, 0.4) is 0 Å². The van der Waals surface area contributed by atoms with Crippen molar-refractivity contribution in [3.8, 4) is 0 Å². The fourth-order valence-corrected chi connectivity index (χ4v) is 2.53. The van der Waals surface area contributed by atoms with E-state index in [1.54, 1.807) is 0 Å². The lowest BCUT2D eigenvalue weighted by atomic mass is 9.86. The van der Waals surface area contributed by atoms with E-state index in [9.17, 15) is 4.79 Å². The highest BCUT2D eigenvalue weighted by molar-refractivity contribution is 6.30. The van der Waals surface area contributed by atoms with Crippen molar-refractivity contribution in [2.45, 2.75) is 26.8 Å². The minimum Gasteiger partial charge on any atom is -0.368 e. The van der Waals surface area contributed by atoms with Gasteiger partial charge in [-0.05, 0) is 29.7 Å². The van der Waals surface area contributed by atoms with Gasteiger partial charge in [0.2, 0.25) is 5.91 Å². The molecule has 0 aliphatic carbocycles. The Morgan fingerprint density at radius 2 is 1.67 bits per heavy atom. The maximum absolute atomic E-state index is 12.4. The topological polar surface area (TPSA) is 49.6 Å². The Balaban J connectivity index is 1.94. The molecule has 0 bridgehead atoms. The largest absolute Gasteiger partial charge is 0.368 e. The van der Waals surface area contributed by atoms with E-state index >= 15 is 0 Å². The summed E-state index contributed by atoms with van der Waals surface area (Å²) in [6.07, 6.45) is 0. The average molecular weight is 310 g/mol. The van der Waals surface area contributed by atoms with Gasteiger partial charge in [-0.25, -0.2) is 0 Å². The molecule has 0 saturated carbocycles. The number of hydrogen-bond acceptors (Lipinski definition) is 3. The van der Waals surface area contributed by atoms with Crippen molar-refractivity contribution < 1.29 is 4.79 Å². The van der Waals surface area contributed by atoms with Crippen LogP contribution in [0.4, 0.5) is 5.69 Å². The molecule has 4 nitrogen and oxygen atoms in total. The molecule has 2 rings (SSSR count). The van der Waals surface area contributed by atoms with E-state index in [1.807, 2.05) is 49.9 Å². The number of rotatable bonds is 2. The van der Waals surface area contributed by atoms with Gasteiger partial charge in [-0.15, -0.1) is 0 Å². The molecule has 1 aliphatic rings. The molecule has 116 valence electrons. The maximum atomic E-state index is 12.4. The number of carbonyl (C=O) groups is 1. The number of amides is 1. The Bertz CT molecular complexity index is 487. The Kier molecular flexibility index (Phi) is 4.79. The molecule has 1 aromatic carbocycles. The van der Waals surface area contributed by atoms with E-state index in [0.717, 1.165) is 23.8 Å². The number of carbonyl (C=O) groups excluding carboxylic acids is 1. The summed E-state index contributed by atoms with van der Waals surface area (Å²) < 4.78 is 0. The molecule has 0 aromatic heterocycles. The fraction of sp³-hybridized carbons (Fsp3) is 0.562. The van der Waals surface area contributed by atoms with Crippen LogP contribution in [0.2, 0.25) is 5.02 Å². The molecule has 1 atom stereocenters. The van der Waals surface area contributed by atoms with E-state index in [2.05, 4.69) is 4.90 Å². The molecular formula is C16H24ClN3O. The van der Waals surface area contributed by atoms with E-state index in [-0.39, 0.29) is 11.3 Å². The van der Waals surface area contributed by atoms with Crippen LogP contribution in [0, 0.1) is 5.41 Å². The monoisotopic (exact) mass is 309 g/mol. The zero-order valence-electron chi connectivity index (χ0n) is 13.0. The summed E-state index contributed by atoms with van der Waals surface area (Å²) in [7, 11) is 0. The molecule has 1 aromatic rings. The number of benzene rings is 1. The average Bonchev–Trinajstić information content (AvgIpc) is 2.46. The van der Waals surface area contributed by atoms with E-state index < -0.39 is 6.04 Å². The van der Waals surface area contributed by atoms with Gasteiger partial charge in [-0.1, -0.05) is 32.4 Å². The lowest BCUT2D eigenvalue weighted by Crippen LogP contribution is -2.56. The summed E-state index contributed by atoms with van der Waals surface area (Å²) in [5.41, 5.74) is 7.01. The first-order chi connectivity index (χ1) is 9.79. The van der Waals surface area contributed by atoms with E-state index in [1.165, 1.54) is 0 Å². The van der Waals surface area contributed by atoms with E-state index in [4.69, 9.17) is 17.3 Å². The van der Waals surface area contributed by atoms with Gasteiger partial charge in [-0.3, -0.25) is 4.79 Å². The molecular weight excluding hydrogens is 286 g/mol. The zero-order chi connectivity index (χ0) is 15.6. The van der Waals surface area contributed by atoms with Gasteiger partial charge in [-0.2, -0.15) is 0 Å². The third-order valence-electron chi connectivity index (χ3n) is 3.98. The van der Waals surface area contributed by atoms with Gasteiger partial charge in [0.25, 0.3) is 0 Å². The Hall–Kier alpha value is -1.26. The number of anilines is 1. The first kappa shape index (κ1) is 16.1. The SMILES string of the molecule is CC(C)(C)[C@H](N)C(=O)N1CCN(c2ccc(Cl)cc2)CC1. The lowest BCUT2D eigenvalue weighted by molar-refractivity contribution is -0.135. The van der Waals surface area contributed by atoms with Gasteiger partial charge < -0.3 is 15.5 Å². The molecule has 1 fully saturated rings. The highest BCUT2D eigenvalue weighted by Crippen LogP contribution is 2.22. The fourth-order valence-electron chi connectivity index (χ4n) is 2.40. The normalized spacial score (nSPS) is 17.8. The first-order valence-electron chi connectivity index (χ1n) is 7.34. The van der Waals surface area contributed by atoms with Crippen LogP contribution in [0.1, 0.15) is 20.8 Å². The van der Waals surface area contributed by atoms with Crippen molar-refractivity contribution in [2.75, 3.05) is 31.1 Å². The van der Waals surface area contributed by atoms with Crippen LogP contribution in [0.5, 0.6) is 0 Å². The minimum absolute atomic E-state index is 0.0539. The zero-order valence-corrected chi connectivity index (χ0v) is 13.7.